The minimum atomic E-state index is -3.19. The lowest BCUT2D eigenvalue weighted by atomic mass is 9.89. The molecule has 20 heavy (non-hydrogen) atoms. The molecule has 5 heteroatoms. The SMILES string of the molecule is CC(=O)C(C)O[C@@H]1Cc2ccccc2C(S(C)(=O)=O)C1. The van der Waals surface area contributed by atoms with Crippen LogP contribution in [0.1, 0.15) is 36.6 Å². The van der Waals surface area contributed by atoms with Crippen molar-refractivity contribution in [2.75, 3.05) is 6.26 Å². The predicted molar refractivity (Wildman–Crippen MR) is 77.4 cm³/mol. The van der Waals surface area contributed by atoms with Crippen molar-refractivity contribution < 1.29 is 17.9 Å². The molecule has 2 rings (SSSR count). The lowest BCUT2D eigenvalue weighted by Gasteiger charge is -2.31. The van der Waals surface area contributed by atoms with Crippen molar-refractivity contribution in [1.82, 2.24) is 0 Å². The molecule has 0 bridgehead atoms. The molecule has 1 aromatic rings. The van der Waals surface area contributed by atoms with E-state index in [2.05, 4.69) is 0 Å². The third kappa shape index (κ3) is 3.27. The number of ether oxygens (including phenoxy) is 1. The lowest BCUT2D eigenvalue weighted by Crippen LogP contribution is -2.33. The van der Waals surface area contributed by atoms with Crippen molar-refractivity contribution in [1.29, 1.82) is 0 Å². The van der Waals surface area contributed by atoms with Gasteiger partial charge in [0.25, 0.3) is 0 Å². The summed E-state index contributed by atoms with van der Waals surface area (Å²) in [5.41, 5.74) is 1.86. The van der Waals surface area contributed by atoms with Gasteiger partial charge in [0.1, 0.15) is 6.10 Å². The monoisotopic (exact) mass is 296 g/mol. The number of Topliss-reactive ketones (excluding diaryl/α,β-unsaturated/α-hetero) is 1. The largest absolute Gasteiger partial charge is 0.367 e. The van der Waals surface area contributed by atoms with Crippen LogP contribution in [0, 0.1) is 0 Å². The van der Waals surface area contributed by atoms with Crippen molar-refractivity contribution in [3.8, 4) is 0 Å². The Morgan fingerprint density at radius 3 is 2.60 bits per heavy atom. The van der Waals surface area contributed by atoms with E-state index in [4.69, 9.17) is 4.74 Å². The van der Waals surface area contributed by atoms with Crippen LogP contribution in [0.25, 0.3) is 0 Å². The predicted octanol–water partition coefficient (Wildman–Crippen LogP) is 2.08. The molecule has 3 atom stereocenters. The first-order valence-electron chi connectivity index (χ1n) is 6.71. The Kier molecular flexibility index (Phi) is 4.30. The first-order valence-corrected chi connectivity index (χ1v) is 8.67. The number of carbonyl (C=O) groups is 1. The zero-order valence-electron chi connectivity index (χ0n) is 12.0. The van der Waals surface area contributed by atoms with Crippen LogP contribution in [-0.2, 0) is 25.8 Å². The quantitative estimate of drug-likeness (QED) is 0.853. The topological polar surface area (TPSA) is 60.4 Å². The van der Waals surface area contributed by atoms with E-state index in [1.807, 2.05) is 24.3 Å². The summed E-state index contributed by atoms with van der Waals surface area (Å²) in [6.45, 7) is 3.19. The average molecular weight is 296 g/mol. The average Bonchev–Trinajstić information content (AvgIpc) is 2.36. The highest BCUT2D eigenvalue weighted by molar-refractivity contribution is 7.90. The Balaban J connectivity index is 2.29. The second-order valence-electron chi connectivity index (χ2n) is 5.47. The van der Waals surface area contributed by atoms with Gasteiger partial charge in [-0.3, -0.25) is 4.79 Å². The molecule has 0 N–H and O–H groups in total. The van der Waals surface area contributed by atoms with E-state index in [0.29, 0.717) is 12.8 Å². The van der Waals surface area contributed by atoms with Gasteiger partial charge in [-0.1, -0.05) is 24.3 Å². The molecule has 4 nitrogen and oxygen atoms in total. The van der Waals surface area contributed by atoms with Crippen LogP contribution in [0.15, 0.2) is 24.3 Å². The highest BCUT2D eigenvalue weighted by Crippen LogP contribution is 2.36. The normalized spacial score (nSPS) is 23.9. The number of benzene rings is 1. The van der Waals surface area contributed by atoms with E-state index in [1.165, 1.54) is 13.2 Å². The van der Waals surface area contributed by atoms with Gasteiger partial charge < -0.3 is 4.74 Å². The number of fused-ring (bicyclic) bond motifs is 1. The maximum Gasteiger partial charge on any atom is 0.158 e. The number of sulfone groups is 1. The summed E-state index contributed by atoms with van der Waals surface area (Å²) in [7, 11) is -3.19. The summed E-state index contributed by atoms with van der Waals surface area (Å²) in [5, 5.41) is -0.545. The standard InChI is InChI=1S/C15H20O4S/c1-10(16)11(2)19-13-8-12-6-4-5-7-14(12)15(9-13)20(3,17)18/h4-7,11,13,15H,8-9H2,1-3H3/t11?,13-,15?/m1/s1. The van der Waals surface area contributed by atoms with Crippen molar-refractivity contribution >= 4 is 15.6 Å². The molecule has 0 aliphatic heterocycles. The summed E-state index contributed by atoms with van der Waals surface area (Å²) in [6.07, 6.45) is 1.59. The van der Waals surface area contributed by atoms with Gasteiger partial charge in [0.15, 0.2) is 15.6 Å². The van der Waals surface area contributed by atoms with E-state index in [9.17, 15) is 13.2 Å². The molecule has 0 fully saturated rings. The van der Waals surface area contributed by atoms with Crippen LogP contribution < -0.4 is 0 Å². The molecule has 0 spiro atoms. The van der Waals surface area contributed by atoms with Gasteiger partial charge in [-0.15, -0.1) is 0 Å². The Bertz CT molecular complexity index is 606. The van der Waals surface area contributed by atoms with Gasteiger partial charge in [0.2, 0.25) is 0 Å². The van der Waals surface area contributed by atoms with E-state index < -0.39 is 21.2 Å². The number of hydrogen-bond acceptors (Lipinski definition) is 4. The molecule has 110 valence electrons. The van der Waals surface area contributed by atoms with Gasteiger partial charge in [0, 0.05) is 6.26 Å². The molecule has 2 unspecified atom stereocenters. The van der Waals surface area contributed by atoms with Crippen molar-refractivity contribution in [2.24, 2.45) is 0 Å². The number of carbonyl (C=O) groups excluding carboxylic acids is 1. The summed E-state index contributed by atoms with van der Waals surface area (Å²) >= 11 is 0. The minimum absolute atomic E-state index is 0.0419. The van der Waals surface area contributed by atoms with Crippen LogP contribution in [0.5, 0.6) is 0 Å². The van der Waals surface area contributed by atoms with Gasteiger partial charge in [-0.05, 0) is 37.8 Å². The summed E-state index contributed by atoms with van der Waals surface area (Å²) in [4.78, 5) is 11.3. The van der Waals surface area contributed by atoms with E-state index >= 15 is 0 Å². The van der Waals surface area contributed by atoms with Crippen molar-refractivity contribution in [2.45, 2.75) is 44.1 Å². The molecule has 0 aromatic heterocycles. The highest BCUT2D eigenvalue weighted by atomic mass is 32.2. The van der Waals surface area contributed by atoms with E-state index in [0.717, 1.165) is 11.1 Å². The van der Waals surface area contributed by atoms with Gasteiger partial charge >= 0.3 is 0 Å². The van der Waals surface area contributed by atoms with Crippen LogP contribution in [0.2, 0.25) is 0 Å². The molecule has 0 saturated heterocycles. The molecule has 1 aliphatic rings. The molecular formula is C15H20O4S. The molecule has 1 aromatic carbocycles. The van der Waals surface area contributed by atoms with Gasteiger partial charge in [-0.25, -0.2) is 8.42 Å². The number of ketones is 1. The molecule has 1 aliphatic carbocycles. The highest BCUT2D eigenvalue weighted by Gasteiger charge is 2.34. The Labute approximate surface area is 120 Å². The second kappa shape index (κ2) is 5.66. The Morgan fingerprint density at radius 2 is 2.00 bits per heavy atom. The summed E-state index contributed by atoms with van der Waals surface area (Å²) < 4.78 is 29.7. The summed E-state index contributed by atoms with van der Waals surface area (Å²) in [5.74, 6) is -0.0419. The molecule has 0 amide bonds. The first kappa shape index (κ1) is 15.2. The molecule has 0 heterocycles. The van der Waals surface area contributed by atoms with Crippen molar-refractivity contribution in [3.63, 3.8) is 0 Å². The summed E-state index contributed by atoms with van der Waals surface area (Å²) in [6, 6.07) is 7.55. The Morgan fingerprint density at radius 1 is 1.35 bits per heavy atom. The third-order valence-electron chi connectivity index (χ3n) is 3.81. The zero-order chi connectivity index (χ0) is 14.9. The van der Waals surface area contributed by atoms with Crippen LogP contribution >= 0.6 is 0 Å². The maximum atomic E-state index is 12.0. The fourth-order valence-corrected chi connectivity index (χ4v) is 3.88. The van der Waals surface area contributed by atoms with E-state index in [-0.39, 0.29) is 11.9 Å². The minimum Gasteiger partial charge on any atom is -0.367 e. The number of rotatable bonds is 4. The van der Waals surface area contributed by atoms with Crippen LogP contribution in [-0.4, -0.2) is 32.7 Å². The van der Waals surface area contributed by atoms with E-state index in [1.54, 1.807) is 6.92 Å². The van der Waals surface area contributed by atoms with Gasteiger partial charge in [-0.2, -0.15) is 0 Å². The molecule has 0 radical (unpaired) electrons. The first-order chi connectivity index (χ1) is 9.29. The van der Waals surface area contributed by atoms with Gasteiger partial charge in [0.05, 0.1) is 11.4 Å². The van der Waals surface area contributed by atoms with Crippen molar-refractivity contribution in [3.05, 3.63) is 35.4 Å². The smallest absolute Gasteiger partial charge is 0.158 e. The third-order valence-corrected chi connectivity index (χ3v) is 5.29. The molecular weight excluding hydrogens is 276 g/mol. The lowest BCUT2D eigenvalue weighted by molar-refractivity contribution is -0.131. The molecule has 0 saturated carbocycles. The maximum absolute atomic E-state index is 12.0. The zero-order valence-corrected chi connectivity index (χ0v) is 12.8. The number of hydrogen-bond donors (Lipinski definition) is 0. The fourth-order valence-electron chi connectivity index (χ4n) is 2.62. The second-order valence-corrected chi connectivity index (χ2v) is 7.70. The van der Waals surface area contributed by atoms with Crippen LogP contribution in [0.3, 0.4) is 0 Å². The van der Waals surface area contributed by atoms with Crippen LogP contribution in [0.4, 0.5) is 0 Å². The Hall–Kier alpha value is -1.20. The fraction of sp³-hybridized carbons (Fsp3) is 0.533.